The number of nitrogens with one attached hydrogen (secondary N) is 1. The third-order valence-electron chi connectivity index (χ3n) is 5.53. The highest BCUT2D eigenvalue weighted by atomic mass is 35.5. The van der Waals surface area contributed by atoms with Crippen molar-refractivity contribution in [1.82, 2.24) is 14.6 Å². The highest BCUT2D eigenvalue weighted by Gasteiger charge is 2.31. The van der Waals surface area contributed by atoms with E-state index in [0.29, 0.717) is 43.9 Å². The van der Waals surface area contributed by atoms with Crippen LogP contribution in [0.25, 0.3) is 10.6 Å². The van der Waals surface area contributed by atoms with E-state index < -0.39 is 10.0 Å². The number of benzene rings is 2. The Labute approximate surface area is 197 Å². The lowest BCUT2D eigenvalue weighted by Crippen LogP contribution is -2.43. The van der Waals surface area contributed by atoms with Gasteiger partial charge in [-0.05, 0) is 37.1 Å². The SMILES string of the molecule is O=C(NCCc1csc(-c2ccccc2)n1)C1CCN(S(=O)(=O)c2ccc(Cl)cc2)CC1. The number of halogens is 1. The van der Waals surface area contributed by atoms with Crippen LogP contribution in [0.15, 0.2) is 64.9 Å². The van der Waals surface area contributed by atoms with Crippen LogP contribution in [0.4, 0.5) is 0 Å². The van der Waals surface area contributed by atoms with Gasteiger partial charge in [-0.25, -0.2) is 13.4 Å². The third kappa shape index (κ3) is 5.38. The van der Waals surface area contributed by atoms with Crippen molar-refractivity contribution in [2.75, 3.05) is 19.6 Å². The summed E-state index contributed by atoms with van der Waals surface area (Å²) in [5, 5.41) is 6.47. The first-order chi connectivity index (χ1) is 15.4. The zero-order valence-corrected chi connectivity index (χ0v) is 19.8. The molecule has 0 atom stereocenters. The van der Waals surface area contributed by atoms with Crippen LogP contribution in [0.3, 0.4) is 0 Å². The van der Waals surface area contributed by atoms with Gasteiger partial charge in [-0.2, -0.15) is 4.31 Å². The number of amides is 1. The molecule has 0 unspecified atom stereocenters. The molecule has 1 aliphatic heterocycles. The van der Waals surface area contributed by atoms with Crippen LogP contribution in [0.1, 0.15) is 18.5 Å². The number of rotatable bonds is 7. The summed E-state index contributed by atoms with van der Waals surface area (Å²) in [6.45, 7) is 1.17. The van der Waals surface area contributed by atoms with E-state index in [1.165, 1.54) is 16.4 Å². The van der Waals surface area contributed by atoms with Crippen molar-refractivity contribution < 1.29 is 13.2 Å². The van der Waals surface area contributed by atoms with Crippen molar-refractivity contribution in [3.8, 4) is 10.6 Å². The molecule has 2 aromatic carbocycles. The molecule has 1 saturated heterocycles. The molecule has 9 heteroatoms. The summed E-state index contributed by atoms with van der Waals surface area (Å²) < 4.78 is 27.0. The molecule has 1 aromatic heterocycles. The smallest absolute Gasteiger partial charge is 0.243 e. The highest BCUT2D eigenvalue weighted by molar-refractivity contribution is 7.89. The molecule has 168 valence electrons. The molecule has 0 spiro atoms. The van der Waals surface area contributed by atoms with Gasteiger partial charge in [-0.15, -0.1) is 11.3 Å². The molecule has 1 N–H and O–H groups in total. The maximum Gasteiger partial charge on any atom is 0.243 e. The number of hydrogen-bond acceptors (Lipinski definition) is 5. The van der Waals surface area contributed by atoms with Gasteiger partial charge in [0.1, 0.15) is 5.01 Å². The second-order valence-corrected chi connectivity index (χ2v) is 10.9. The van der Waals surface area contributed by atoms with E-state index in [9.17, 15) is 13.2 Å². The van der Waals surface area contributed by atoms with Gasteiger partial charge in [0.05, 0.1) is 10.6 Å². The van der Waals surface area contributed by atoms with Crippen molar-refractivity contribution in [2.24, 2.45) is 5.92 Å². The van der Waals surface area contributed by atoms with Crippen LogP contribution in [0.2, 0.25) is 5.02 Å². The van der Waals surface area contributed by atoms with E-state index in [1.807, 2.05) is 35.7 Å². The van der Waals surface area contributed by atoms with Crippen LogP contribution >= 0.6 is 22.9 Å². The number of thiazole rings is 1. The molecule has 0 aliphatic carbocycles. The minimum Gasteiger partial charge on any atom is -0.355 e. The minimum atomic E-state index is -3.57. The summed E-state index contributed by atoms with van der Waals surface area (Å²) in [5.74, 6) is -0.200. The summed E-state index contributed by atoms with van der Waals surface area (Å²) in [6, 6.07) is 16.2. The Hall–Kier alpha value is -2.26. The fourth-order valence-corrected chi connectivity index (χ4v) is 6.16. The summed E-state index contributed by atoms with van der Waals surface area (Å²) in [6.07, 6.45) is 1.68. The Morgan fingerprint density at radius 1 is 1.09 bits per heavy atom. The first-order valence-corrected chi connectivity index (χ1v) is 13.2. The number of piperidine rings is 1. The molecule has 6 nitrogen and oxygen atoms in total. The molecule has 0 radical (unpaired) electrons. The van der Waals surface area contributed by atoms with Crippen LogP contribution < -0.4 is 5.32 Å². The fourth-order valence-electron chi connectivity index (χ4n) is 3.71. The lowest BCUT2D eigenvalue weighted by atomic mass is 9.97. The first-order valence-electron chi connectivity index (χ1n) is 10.5. The zero-order chi connectivity index (χ0) is 22.6. The van der Waals surface area contributed by atoms with Crippen molar-refractivity contribution in [3.05, 3.63) is 70.7 Å². The van der Waals surface area contributed by atoms with E-state index >= 15 is 0 Å². The van der Waals surface area contributed by atoms with E-state index in [0.717, 1.165) is 16.3 Å². The van der Waals surface area contributed by atoms with Crippen LogP contribution in [-0.2, 0) is 21.2 Å². The van der Waals surface area contributed by atoms with Crippen molar-refractivity contribution in [1.29, 1.82) is 0 Å². The molecule has 1 amide bonds. The molecular formula is C23H24ClN3O3S2. The number of nitrogens with zero attached hydrogens (tertiary/aromatic N) is 2. The summed E-state index contributed by atoms with van der Waals surface area (Å²) in [4.78, 5) is 17.4. The molecule has 32 heavy (non-hydrogen) atoms. The molecule has 0 saturated carbocycles. The third-order valence-corrected chi connectivity index (χ3v) is 8.63. The number of sulfonamides is 1. The van der Waals surface area contributed by atoms with E-state index in [2.05, 4.69) is 10.3 Å². The second kappa shape index (κ2) is 10.1. The quantitative estimate of drug-likeness (QED) is 0.538. The Balaban J connectivity index is 1.24. The maximum absolute atomic E-state index is 12.8. The number of hydrogen-bond donors (Lipinski definition) is 1. The fraction of sp³-hybridized carbons (Fsp3) is 0.304. The first kappa shape index (κ1) is 22.9. The molecular weight excluding hydrogens is 466 g/mol. The lowest BCUT2D eigenvalue weighted by Gasteiger charge is -2.30. The van der Waals surface area contributed by atoms with Crippen LogP contribution in [-0.4, -0.2) is 43.2 Å². The second-order valence-electron chi connectivity index (χ2n) is 7.68. The van der Waals surface area contributed by atoms with Crippen LogP contribution in [0, 0.1) is 5.92 Å². The molecule has 1 fully saturated rings. The average Bonchev–Trinajstić information content (AvgIpc) is 3.29. The summed E-state index contributed by atoms with van der Waals surface area (Å²) >= 11 is 7.45. The largest absolute Gasteiger partial charge is 0.355 e. The maximum atomic E-state index is 12.8. The van der Waals surface area contributed by atoms with Gasteiger partial charge in [0.15, 0.2) is 0 Å². The van der Waals surface area contributed by atoms with Crippen LogP contribution in [0.5, 0.6) is 0 Å². The van der Waals surface area contributed by atoms with Gasteiger partial charge in [0.2, 0.25) is 15.9 Å². The number of carbonyl (C=O) groups is 1. The summed E-state index contributed by atoms with van der Waals surface area (Å²) in [7, 11) is -3.57. The highest BCUT2D eigenvalue weighted by Crippen LogP contribution is 2.25. The Bertz CT molecular complexity index is 1160. The molecule has 2 heterocycles. The minimum absolute atomic E-state index is 0.0212. The predicted octanol–water partition coefficient (Wildman–Crippen LogP) is 4.22. The van der Waals surface area contributed by atoms with Crippen molar-refractivity contribution >= 4 is 38.9 Å². The van der Waals surface area contributed by atoms with Gasteiger partial charge in [0.25, 0.3) is 0 Å². The van der Waals surface area contributed by atoms with Crippen molar-refractivity contribution in [2.45, 2.75) is 24.2 Å². The molecule has 1 aliphatic rings. The normalized spacial score (nSPS) is 15.5. The van der Waals surface area contributed by atoms with E-state index in [1.54, 1.807) is 23.5 Å². The lowest BCUT2D eigenvalue weighted by molar-refractivity contribution is -0.126. The van der Waals surface area contributed by atoms with Crippen molar-refractivity contribution in [3.63, 3.8) is 0 Å². The molecule has 0 bridgehead atoms. The molecule has 3 aromatic rings. The van der Waals surface area contributed by atoms with Gasteiger partial charge in [0, 0.05) is 47.9 Å². The topological polar surface area (TPSA) is 79.4 Å². The number of aromatic nitrogens is 1. The number of carbonyl (C=O) groups excluding carboxylic acids is 1. The van der Waals surface area contributed by atoms with Gasteiger partial charge in [-0.3, -0.25) is 4.79 Å². The Kier molecular flexibility index (Phi) is 7.25. The van der Waals surface area contributed by atoms with E-state index in [-0.39, 0.29) is 16.7 Å². The Morgan fingerprint density at radius 2 is 1.78 bits per heavy atom. The average molecular weight is 490 g/mol. The zero-order valence-electron chi connectivity index (χ0n) is 17.4. The van der Waals surface area contributed by atoms with Gasteiger partial charge < -0.3 is 5.32 Å². The summed E-state index contributed by atoms with van der Waals surface area (Å²) in [5.41, 5.74) is 2.05. The van der Waals surface area contributed by atoms with Gasteiger partial charge >= 0.3 is 0 Å². The predicted molar refractivity (Wildman–Crippen MR) is 127 cm³/mol. The standard InChI is InChI=1S/C23H24ClN3O3S2/c24-19-6-8-21(9-7-19)32(29,30)27-14-11-17(12-15-27)22(28)25-13-10-20-16-31-23(26-20)18-4-2-1-3-5-18/h1-9,16-17H,10-15H2,(H,25,28). The monoisotopic (exact) mass is 489 g/mol. The molecule has 4 rings (SSSR count). The van der Waals surface area contributed by atoms with Gasteiger partial charge in [-0.1, -0.05) is 41.9 Å². The Morgan fingerprint density at radius 3 is 2.47 bits per heavy atom. The van der Waals surface area contributed by atoms with E-state index in [4.69, 9.17) is 11.6 Å².